The number of hydrogen-bond donors (Lipinski definition) is 3. The van der Waals surface area contributed by atoms with Crippen molar-refractivity contribution in [2.45, 2.75) is 25.4 Å². The topological polar surface area (TPSA) is 73.1 Å². The van der Waals surface area contributed by atoms with E-state index in [1.54, 1.807) is 13.1 Å². The van der Waals surface area contributed by atoms with Crippen LogP contribution in [0.5, 0.6) is 0 Å². The molecule has 1 heterocycles. The van der Waals surface area contributed by atoms with Crippen molar-refractivity contribution in [1.29, 1.82) is 0 Å². The highest BCUT2D eigenvalue weighted by atomic mass is 16.3. The Morgan fingerprint density at radius 1 is 1.50 bits per heavy atom. The number of nitrogens with zero attached hydrogens (tertiary/aromatic N) is 1. The molecule has 1 fully saturated rings. The number of aliphatic hydroxyl groups is 3. The Hall–Kier alpha value is -0.710. The van der Waals surface area contributed by atoms with Crippen molar-refractivity contribution in [1.82, 2.24) is 0 Å². The first-order valence-corrected chi connectivity index (χ1v) is 4.79. The molecule has 0 aromatic heterocycles. The Morgan fingerprint density at radius 2 is 2.21 bits per heavy atom. The van der Waals surface area contributed by atoms with Crippen LogP contribution in [-0.4, -0.2) is 39.8 Å². The predicted octanol–water partition coefficient (Wildman–Crippen LogP) is -0.159. The third kappa shape index (κ3) is 0.960. The lowest BCUT2D eigenvalue weighted by Crippen LogP contribution is -2.34. The molecule has 4 heteroatoms. The van der Waals surface area contributed by atoms with Crippen molar-refractivity contribution in [2.24, 2.45) is 10.4 Å². The minimum atomic E-state index is -0.957. The first-order chi connectivity index (χ1) is 6.60. The molecule has 3 N–H and O–H groups in total. The van der Waals surface area contributed by atoms with Crippen LogP contribution in [0.15, 0.2) is 16.8 Å². The maximum absolute atomic E-state index is 10.2. The van der Waals surface area contributed by atoms with Crippen LogP contribution in [-0.2, 0) is 0 Å². The number of hydrogen-bond acceptors (Lipinski definition) is 4. The second-order valence-corrected chi connectivity index (χ2v) is 4.12. The zero-order valence-corrected chi connectivity index (χ0v) is 8.19. The molecule has 2 atom stereocenters. The monoisotopic (exact) mass is 197 g/mol. The molecule has 1 aliphatic heterocycles. The lowest BCUT2D eigenvalue weighted by molar-refractivity contribution is 0.126. The maximum Gasteiger partial charge on any atom is 0.115 e. The molecule has 0 amide bonds. The van der Waals surface area contributed by atoms with Gasteiger partial charge in [0.15, 0.2) is 0 Å². The molecular formula is C10H15NO3. The van der Waals surface area contributed by atoms with E-state index in [4.69, 9.17) is 5.11 Å². The summed E-state index contributed by atoms with van der Waals surface area (Å²) in [5.41, 5.74) is 0.00610. The van der Waals surface area contributed by atoms with Gasteiger partial charge in [0.2, 0.25) is 0 Å². The SMILES string of the molecule is CC1=NC=C(CCO)C2(CO)CC12O. The summed E-state index contributed by atoms with van der Waals surface area (Å²) in [7, 11) is 0. The molecule has 78 valence electrons. The molecule has 0 bridgehead atoms. The molecule has 2 unspecified atom stereocenters. The minimum Gasteiger partial charge on any atom is -0.396 e. The number of aliphatic hydroxyl groups excluding tert-OH is 2. The molecule has 0 radical (unpaired) electrons. The zero-order valence-electron chi connectivity index (χ0n) is 8.19. The van der Waals surface area contributed by atoms with Crippen molar-refractivity contribution in [3.05, 3.63) is 11.8 Å². The molecule has 4 nitrogen and oxygen atoms in total. The molecule has 0 saturated heterocycles. The average Bonchev–Trinajstić information content (AvgIpc) is 2.81. The lowest BCUT2D eigenvalue weighted by atomic mass is 9.87. The van der Waals surface area contributed by atoms with Crippen LogP contribution in [0.1, 0.15) is 19.8 Å². The first-order valence-electron chi connectivity index (χ1n) is 4.79. The zero-order chi connectivity index (χ0) is 10.4. The summed E-state index contributed by atoms with van der Waals surface area (Å²) in [6, 6.07) is 0. The summed E-state index contributed by atoms with van der Waals surface area (Å²) in [6.07, 6.45) is 2.67. The summed E-state index contributed by atoms with van der Waals surface area (Å²) in [6.45, 7) is 1.71. The van der Waals surface area contributed by atoms with E-state index in [-0.39, 0.29) is 13.2 Å². The van der Waals surface area contributed by atoms with Crippen molar-refractivity contribution in [2.75, 3.05) is 13.2 Å². The van der Waals surface area contributed by atoms with Crippen LogP contribution in [0.3, 0.4) is 0 Å². The number of fused-ring (bicyclic) bond motifs is 1. The van der Waals surface area contributed by atoms with Gasteiger partial charge in [-0.05, 0) is 25.3 Å². The van der Waals surface area contributed by atoms with Gasteiger partial charge >= 0.3 is 0 Å². The van der Waals surface area contributed by atoms with E-state index in [0.29, 0.717) is 18.6 Å². The van der Waals surface area contributed by atoms with Crippen LogP contribution in [0, 0.1) is 5.41 Å². The smallest absolute Gasteiger partial charge is 0.115 e. The fraction of sp³-hybridized carbons (Fsp3) is 0.700. The van der Waals surface area contributed by atoms with Gasteiger partial charge in [-0.15, -0.1) is 0 Å². The maximum atomic E-state index is 10.2. The Labute approximate surface area is 82.6 Å². The standard InChI is InChI=1S/C10H15NO3/c1-7-10(14)5-9(10,6-13)8(2-3-12)4-11-7/h4,12-14H,2-3,5-6H2,1H3. The molecule has 0 spiro atoms. The van der Waals surface area contributed by atoms with E-state index < -0.39 is 11.0 Å². The normalized spacial score (nSPS) is 40.0. The first kappa shape index (κ1) is 9.83. The summed E-state index contributed by atoms with van der Waals surface area (Å²) in [5.74, 6) is 0. The van der Waals surface area contributed by atoms with E-state index in [9.17, 15) is 10.2 Å². The average molecular weight is 197 g/mol. The molecule has 0 aromatic rings. The Bertz CT molecular complexity index is 323. The summed E-state index contributed by atoms with van der Waals surface area (Å²) >= 11 is 0. The Kier molecular flexibility index (Phi) is 2.03. The predicted molar refractivity (Wildman–Crippen MR) is 52.0 cm³/mol. The van der Waals surface area contributed by atoms with E-state index in [1.165, 1.54) is 0 Å². The van der Waals surface area contributed by atoms with Gasteiger partial charge in [0.05, 0.1) is 12.0 Å². The van der Waals surface area contributed by atoms with E-state index in [1.807, 2.05) is 0 Å². The Balaban J connectivity index is 2.34. The largest absolute Gasteiger partial charge is 0.396 e. The van der Waals surface area contributed by atoms with E-state index in [0.717, 1.165) is 5.57 Å². The van der Waals surface area contributed by atoms with Gasteiger partial charge in [-0.25, -0.2) is 0 Å². The van der Waals surface area contributed by atoms with Crippen LogP contribution in [0.2, 0.25) is 0 Å². The molecule has 0 aromatic carbocycles. The van der Waals surface area contributed by atoms with E-state index in [2.05, 4.69) is 4.99 Å². The minimum absolute atomic E-state index is 0.0260. The molecule has 14 heavy (non-hydrogen) atoms. The van der Waals surface area contributed by atoms with Crippen LogP contribution < -0.4 is 0 Å². The lowest BCUT2D eigenvalue weighted by Gasteiger charge is -2.25. The highest BCUT2D eigenvalue weighted by Crippen LogP contribution is 2.63. The number of rotatable bonds is 3. The second-order valence-electron chi connectivity index (χ2n) is 4.12. The van der Waals surface area contributed by atoms with Gasteiger partial charge in [-0.1, -0.05) is 0 Å². The highest BCUT2D eigenvalue weighted by molar-refractivity contribution is 5.97. The van der Waals surface area contributed by atoms with E-state index >= 15 is 0 Å². The summed E-state index contributed by atoms with van der Waals surface area (Å²) in [4.78, 5) is 4.10. The van der Waals surface area contributed by atoms with Crippen LogP contribution >= 0.6 is 0 Å². The third-order valence-electron chi connectivity index (χ3n) is 3.50. The van der Waals surface area contributed by atoms with Gasteiger partial charge in [0.1, 0.15) is 5.60 Å². The van der Waals surface area contributed by atoms with Crippen LogP contribution in [0.4, 0.5) is 0 Å². The van der Waals surface area contributed by atoms with Gasteiger partial charge in [-0.3, -0.25) is 4.99 Å². The second kappa shape index (κ2) is 2.89. The summed E-state index contributed by atoms with van der Waals surface area (Å²) < 4.78 is 0. The quantitative estimate of drug-likeness (QED) is 0.588. The molecular weight excluding hydrogens is 182 g/mol. The van der Waals surface area contributed by atoms with Gasteiger partial charge in [0, 0.05) is 18.5 Å². The fourth-order valence-corrected chi connectivity index (χ4v) is 2.36. The fourth-order valence-electron chi connectivity index (χ4n) is 2.36. The molecule has 2 rings (SSSR count). The van der Waals surface area contributed by atoms with Crippen molar-refractivity contribution >= 4 is 5.71 Å². The van der Waals surface area contributed by atoms with Crippen molar-refractivity contribution in [3.8, 4) is 0 Å². The van der Waals surface area contributed by atoms with Gasteiger partial charge in [-0.2, -0.15) is 0 Å². The third-order valence-corrected chi connectivity index (χ3v) is 3.50. The molecule has 2 aliphatic rings. The Morgan fingerprint density at radius 3 is 2.79 bits per heavy atom. The van der Waals surface area contributed by atoms with Gasteiger partial charge < -0.3 is 15.3 Å². The summed E-state index contributed by atoms with van der Waals surface area (Å²) in [5, 5.41) is 28.3. The van der Waals surface area contributed by atoms with Crippen molar-refractivity contribution in [3.63, 3.8) is 0 Å². The molecule has 1 saturated carbocycles. The van der Waals surface area contributed by atoms with Crippen LogP contribution in [0.25, 0.3) is 0 Å². The number of aliphatic imine (C=N–C) groups is 1. The highest BCUT2D eigenvalue weighted by Gasteiger charge is 2.70. The van der Waals surface area contributed by atoms with Crippen molar-refractivity contribution < 1.29 is 15.3 Å². The van der Waals surface area contributed by atoms with Gasteiger partial charge in [0.25, 0.3) is 0 Å². The molecule has 1 aliphatic carbocycles.